The lowest BCUT2D eigenvalue weighted by atomic mass is 9.73. The Labute approximate surface area is 120 Å². The summed E-state index contributed by atoms with van der Waals surface area (Å²) < 4.78 is 5.75. The average molecular weight is 268 g/mol. The molecule has 2 heteroatoms. The third-order valence-electron chi connectivity index (χ3n) is 3.97. The van der Waals surface area contributed by atoms with E-state index in [1.165, 1.54) is 11.1 Å². The zero-order chi connectivity index (χ0) is 13.9. The van der Waals surface area contributed by atoms with E-state index < -0.39 is 6.10 Å². The minimum Gasteiger partial charge on any atom is -0.493 e. The van der Waals surface area contributed by atoms with Crippen molar-refractivity contribution in [2.75, 3.05) is 6.61 Å². The summed E-state index contributed by atoms with van der Waals surface area (Å²) in [6.07, 6.45) is 1.42. The van der Waals surface area contributed by atoms with Gasteiger partial charge in [0.1, 0.15) is 5.75 Å². The molecule has 0 saturated heterocycles. The molecule has 20 heavy (non-hydrogen) atoms. The van der Waals surface area contributed by atoms with E-state index in [1.54, 1.807) is 0 Å². The molecular formula is C18H20O2. The van der Waals surface area contributed by atoms with Gasteiger partial charge in [-0.25, -0.2) is 0 Å². The summed E-state index contributed by atoms with van der Waals surface area (Å²) in [5.41, 5.74) is 3.52. The van der Waals surface area contributed by atoms with Crippen LogP contribution in [0.1, 0.15) is 42.1 Å². The Kier molecular flexibility index (Phi) is 3.75. The first-order chi connectivity index (χ1) is 9.81. The van der Waals surface area contributed by atoms with Gasteiger partial charge in [-0.3, -0.25) is 0 Å². The molecule has 0 bridgehead atoms. The first kappa shape index (κ1) is 13.2. The Hall–Kier alpha value is -1.80. The smallest absolute Gasteiger partial charge is 0.125 e. The quantitative estimate of drug-likeness (QED) is 0.892. The van der Waals surface area contributed by atoms with Crippen molar-refractivity contribution < 1.29 is 9.84 Å². The van der Waals surface area contributed by atoms with E-state index in [1.807, 2.05) is 30.3 Å². The highest BCUT2D eigenvalue weighted by atomic mass is 16.5. The molecule has 0 amide bonds. The fourth-order valence-corrected chi connectivity index (χ4v) is 2.86. The molecule has 0 saturated carbocycles. The van der Waals surface area contributed by atoms with Crippen molar-refractivity contribution in [1.29, 1.82) is 0 Å². The summed E-state index contributed by atoms with van der Waals surface area (Å²) >= 11 is 0. The van der Waals surface area contributed by atoms with Crippen LogP contribution in [0.5, 0.6) is 5.75 Å². The molecule has 1 aliphatic carbocycles. The van der Waals surface area contributed by atoms with Crippen molar-refractivity contribution in [2.45, 2.75) is 31.8 Å². The van der Waals surface area contributed by atoms with Crippen LogP contribution >= 0.6 is 0 Å². The lowest BCUT2D eigenvalue weighted by Gasteiger charge is -2.34. The molecule has 2 nitrogen and oxygen atoms in total. The Bertz CT molecular complexity index is 591. The number of benzene rings is 2. The third-order valence-corrected chi connectivity index (χ3v) is 3.97. The lowest BCUT2D eigenvalue weighted by Crippen LogP contribution is -2.24. The van der Waals surface area contributed by atoms with Gasteiger partial charge in [-0.2, -0.15) is 0 Å². The molecule has 104 valence electrons. The van der Waals surface area contributed by atoms with Crippen LogP contribution in [0.15, 0.2) is 48.5 Å². The molecule has 0 heterocycles. The van der Waals surface area contributed by atoms with E-state index in [4.69, 9.17) is 4.74 Å². The number of hydrogen-bond acceptors (Lipinski definition) is 2. The lowest BCUT2D eigenvalue weighted by molar-refractivity contribution is 0.130. The predicted molar refractivity (Wildman–Crippen MR) is 80.1 cm³/mol. The largest absolute Gasteiger partial charge is 0.493 e. The van der Waals surface area contributed by atoms with Crippen LogP contribution < -0.4 is 4.74 Å². The standard InChI is InChI=1S/C18H20O2/c1-2-11-20-17-10-6-5-9-15(17)18(19)16-12-13-7-3-4-8-14(13)16/h3-10,16,18-19H,2,11-12H2,1H3. The summed E-state index contributed by atoms with van der Waals surface area (Å²) in [4.78, 5) is 0. The molecule has 2 unspecified atom stereocenters. The monoisotopic (exact) mass is 268 g/mol. The van der Waals surface area contributed by atoms with Gasteiger partial charge in [0.25, 0.3) is 0 Å². The Morgan fingerprint density at radius 1 is 1.15 bits per heavy atom. The molecule has 0 fully saturated rings. The second-order valence-electron chi connectivity index (χ2n) is 5.34. The maximum atomic E-state index is 10.7. The molecule has 1 N–H and O–H groups in total. The van der Waals surface area contributed by atoms with Gasteiger partial charge < -0.3 is 9.84 Å². The third kappa shape index (κ3) is 2.32. The number of rotatable bonds is 5. The van der Waals surface area contributed by atoms with Crippen LogP contribution in [0.3, 0.4) is 0 Å². The van der Waals surface area contributed by atoms with Crippen molar-refractivity contribution in [3.8, 4) is 5.75 Å². The van der Waals surface area contributed by atoms with E-state index in [2.05, 4.69) is 25.1 Å². The summed E-state index contributed by atoms with van der Waals surface area (Å²) in [6, 6.07) is 16.2. The fourth-order valence-electron chi connectivity index (χ4n) is 2.86. The number of para-hydroxylation sites is 1. The van der Waals surface area contributed by atoms with Crippen LogP contribution in [0.4, 0.5) is 0 Å². The molecule has 0 spiro atoms. The maximum absolute atomic E-state index is 10.7. The fraction of sp³-hybridized carbons (Fsp3) is 0.333. The van der Waals surface area contributed by atoms with E-state index >= 15 is 0 Å². The van der Waals surface area contributed by atoms with E-state index in [0.717, 1.165) is 24.2 Å². The van der Waals surface area contributed by atoms with Crippen LogP contribution in [-0.4, -0.2) is 11.7 Å². The number of ether oxygens (including phenoxy) is 1. The van der Waals surface area contributed by atoms with Crippen LogP contribution in [0.25, 0.3) is 0 Å². The summed E-state index contributed by atoms with van der Waals surface area (Å²) in [7, 11) is 0. The topological polar surface area (TPSA) is 29.5 Å². The van der Waals surface area contributed by atoms with Crippen molar-refractivity contribution in [3.63, 3.8) is 0 Å². The SMILES string of the molecule is CCCOc1ccccc1C(O)C1Cc2ccccc21. The predicted octanol–water partition coefficient (Wildman–Crippen LogP) is 3.85. The Balaban J connectivity index is 1.83. The second kappa shape index (κ2) is 5.68. The highest BCUT2D eigenvalue weighted by Crippen LogP contribution is 2.45. The molecule has 0 aromatic heterocycles. The second-order valence-corrected chi connectivity index (χ2v) is 5.34. The zero-order valence-corrected chi connectivity index (χ0v) is 11.8. The van der Waals surface area contributed by atoms with Crippen molar-refractivity contribution in [1.82, 2.24) is 0 Å². The molecular weight excluding hydrogens is 248 g/mol. The van der Waals surface area contributed by atoms with Gasteiger partial charge in [0.2, 0.25) is 0 Å². The molecule has 3 rings (SSSR count). The first-order valence-electron chi connectivity index (χ1n) is 7.29. The van der Waals surface area contributed by atoms with Crippen molar-refractivity contribution in [2.24, 2.45) is 0 Å². The normalized spacial score (nSPS) is 18.0. The van der Waals surface area contributed by atoms with Crippen LogP contribution in [0.2, 0.25) is 0 Å². The molecule has 0 radical (unpaired) electrons. The van der Waals surface area contributed by atoms with E-state index in [9.17, 15) is 5.11 Å². The Morgan fingerprint density at radius 3 is 2.70 bits per heavy atom. The van der Waals surface area contributed by atoms with Gasteiger partial charge in [-0.1, -0.05) is 49.4 Å². The highest BCUT2D eigenvalue weighted by molar-refractivity contribution is 5.45. The van der Waals surface area contributed by atoms with Gasteiger partial charge in [0, 0.05) is 11.5 Å². The number of aliphatic hydroxyl groups is 1. The molecule has 2 aromatic rings. The van der Waals surface area contributed by atoms with Gasteiger partial charge in [0.05, 0.1) is 12.7 Å². The van der Waals surface area contributed by atoms with Gasteiger partial charge in [-0.15, -0.1) is 0 Å². The van der Waals surface area contributed by atoms with Gasteiger partial charge in [0.15, 0.2) is 0 Å². The van der Waals surface area contributed by atoms with Gasteiger partial charge in [-0.05, 0) is 30.0 Å². The minimum absolute atomic E-state index is 0.192. The molecule has 1 aliphatic rings. The summed E-state index contributed by atoms with van der Waals surface area (Å²) in [5.74, 6) is 1.00. The first-order valence-corrected chi connectivity index (χ1v) is 7.29. The van der Waals surface area contributed by atoms with Gasteiger partial charge >= 0.3 is 0 Å². The number of aliphatic hydroxyl groups excluding tert-OH is 1. The van der Waals surface area contributed by atoms with Crippen molar-refractivity contribution in [3.05, 3.63) is 65.2 Å². The minimum atomic E-state index is -0.488. The molecule has 2 atom stereocenters. The van der Waals surface area contributed by atoms with E-state index in [-0.39, 0.29) is 5.92 Å². The maximum Gasteiger partial charge on any atom is 0.125 e. The van der Waals surface area contributed by atoms with Crippen LogP contribution in [0, 0.1) is 0 Å². The molecule has 2 aromatic carbocycles. The highest BCUT2D eigenvalue weighted by Gasteiger charge is 2.33. The average Bonchev–Trinajstić information content (AvgIpc) is 2.46. The van der Waals surface area contributed by atoms with E-state index in [0.29, 0.717) is 6.61 Å². The zero-order valence-electron chi connectivity index (χ0n) is 11.8. The van der Waals surface area contributed by atoms with Crippen LogP contribution in [-0.2, 0) is 6.42 Å². The molecule has 0 aliphatic heterocycles. The number of fused-ring (bicyclic) bond motifs is 1. The van der Waals surface area contributed by atoms with Crippen molar-refractivity contribution >= 4 is 0 Å². The summed E-state index contributed by atoms with van der Waals surface area (Å²) in [5, 5.41) is 10.7. The summed E-state index contributed by atoms with van der Waals surface area (Å²) in [6.45, 7) is 2.77. The number of hydrogen-bond donors (Lipinski definition) is 1. The Morgan fingerprint density at radius 2 is 1.90 bits per heavy atom.